The predicted molar refractivity (Wildman–Crippen MR) is 156 cm³/mol. The second-order valence-electron chi connectivity index (χ2n) is 11.0. The van der Waals surface area contributed by atoms with Crippen molar-refractivity contribution < 1.29 is 13.9 Å². The Morgan fingerprint density at radius 2 is 1.90 bits per heavy atom. The van der Waals surface area contributed by atoms with Crippen molar-refractivity contribution in [2.24, 2.45) is 5.92 Å². The minimum Gasteiger partial charge on any atom is -0.484 e. The summed E-state index contributed by atoms with van der Waals surface area (Å²) in [4.78, 5) is 15.0. The minimum atomic E-state index is -0.696. The summed E-state index contributed by atoms with van der Waals surface area (Å²) >= 11 is 12.5. The molecule has 6 nitrogen and oxygen atoms in total. The van der Waals surface area contributed by atoms with Crippen LogP contribution >= 0.6 is 23.2 Å². The number of allylic oxidation sites excluding steroid dienone is 4. The third-order valence-corrected chi connectivity index (χ3v) is 9.02. The van der Waals surface area contributed by atoms with Crippen molar-refractivity contribution in [2.45, 2.75) is 69.9 Å². The van der Waals surface area contributed by atoms with Gasteiger partial charge < -0.3 is 9.64 Å². The fourth-order valence-corrected chi connectivity index (χ4v) is 6.59. The Balaban J connectivity index is 1.29. The van der Waals surface area contributed by atoms with Crippen LogP contribution in [0.3, 0.4) is 0 Å². The van der Waals surface area contributed by atoms with E-state index in [1.165, 1.54) is 18.6 Å². The summed E-state index contributed by atoms with van der Waals surface area (Å²) in [5.74, 6) is 0.0597. The van der Waals surface area contributed by atoms with Crippen molar-refractivity contribution in [3.8, 4) is 0 Å². The summed E-state index contributed by atoms with van der Waals surface area (Å²) in [5.41, 5.74) is 1.92. The van der Waals surface area contributed by atoms with E-state index in [0.717, 1.165) is 57.2 Å². The fourth-order valence-electron chi connectivity index (χ4n) is 5.92. The van der Waals surface area contributed by atoms with E-state index in [-0.39, 0.29) is 28.6 Å². The number of ether oxygens (including phenoxy) is 1. The number of benzene rings is 1. The van der Waals surface area contributed by atoms with Gasteiger partial charge in [-0.25, -0.2) is 4.39 Å². The van der Waals surface area contributed by atoms with Crippen LogP contribution in [-0.4, -0.2) is 39.4 Å². The zero-order chi connectivity index (χ0) is 28.4. The monoisotopic (exact) mass is 584 g/mol. The number of hydrogen-bond donors (Lipinski definition) is 1. The van der Waals surface area contributed by atoms with Gasteiger partial charge in [-0.05, 0) is 56.4 Å². The molecule has 5 rings (SSSR count). The molecule has 212 valence electrons. The lowest BCUT2D eigenvalue weighted by Gasteiger charge is -2.35. The Morgan fingerprint density at radius 1 is 1.18 bits per heavy atom. The summed E-state index contributed by atoms with van der Waals surface area (Å²) in [6.45, 7) is 7.24. The Labute approximate surface area is 245 Å². The van der Waals surface area contributed by atoms with Crippen LogP contribution in [0.2, 0.25) is 10.0 Å². The van der Waals surface area contributed by atoms with E-state index in [0.29, 0.717) is 27.8 Å². The first-order chi connectivity index (χ1) is 19.2. The lowest BCUT2D eigenvalue weighted by molar-refractivity contribution is -0.137. The third-order valence-electron chi connectivity index (χ3n) is 8.30. The lowest BCUT2D eigenvalue weighted by Crippen LogP contribution is -2.42. The van der Waals surface area contributed by atoms with Crippen molar-refractivity contribution in [3.63, 3.8) is 0 Å². The van der Waals surface area contributed by atoms with Crippen molar-refractivity contribution >= 4 is 34.8 Å². The molecule has 2 heterocycles. The number of aromatic nitrogens is 2. The second-order valence-corrected chi connectivity index (χ2v) is 11.8. The molecule has 1 aromatic heterocycles. The molecule has 1 aromatic carbocycles. The van der Waals surface area contributed by atoms with Crippen molar-refractivity contribution in [3.05, 3.63) is 87.7 Å². The zero-order valence-electron chi connectivity index (χ0n) is 22.7. The number of carbonyl (C=O) groups excluding carboxylic acids is 1. The highest BCUT2D eigenvalue weighted by molar-refractivity contribution is 6.36. The quantitative estimate of drug-likeness (QED) is 0.350. The van der Waals surface area contributed by atoms with Gasteiger partial charge in [0.25, 0.3) is 0 Å². The number of nitrogens with one attached hydrogen (secondary N) is 1. The molecule has 40 heavy (non-hydrogen) atoms. The Hall–Kier alpha value is -2.90. The second kappa shape index (κ2) is 12.3. The van der Waals surface area contributed by atoms with Gasteiger partial charge in [-0.15, -0.1) is 0 Å². The first-order valence-corrected chi connectivity index (χ1v) is 14.8. The van der Waals surface area contributed by atoms with Crippen molar-refractivity contribution in [1.82, 2.24) is 14.7 Å². The third kappa shape index (κ3) is 6.06. The van der Waals surface area contributed by atoms with Crippen molar-refractivity contribution in [1.29, 1.82) is 5.41 Å². The molecule has 2 fully saturated rings. The lowest BCUT2D eigenvalue weighted by atomic mass is 9.87. The van der Waals surface area contributed by atoms with Crippen LogP contribution in [0.25, 0.3) is 0 Å². The summed E-state index contributed by atoms with van der Waals surface area (Å²) in [6.07, 6.45) is 16.2. The molecule has 0 bridgehead atoms. The molecule has 0 radical (unpaired) electrons. The fraction of sp³-hybridized carbons (Fsp3) is 0.452. The molecule has 0 spiro atoms. The molecule has 1 saturated heterocycles. The Bertz CT molecular complexity index is 1350. The molecule has 2 atom stereocenters. The zero-order valence-corrected chi connectivity index (χ0v) is 24.2. The van der Waals surface area contributed by atoms with E-state index < -0.39 is 11.9 Å². The molecule has 2 unspecified atom stereocenters. The number of carbonyl (C=O) groups is 1. The van der Waals surface area contributed by atoms with Crippen LogP contribution in [-0.2, 0) is 9.53 Å². The van der Waals surface area contributed by atoms with Gasteiger partial charge >= 0.3 is 0 Å². The van der Waals surface area contributed by atoms with E-state index in [1.54, 1.807) is 13.0 Å². The standard InChI is InChI=1S/C31H35Cl2FN4O2/c1-19-8-9-22(16-27(30(19)35)40-20(2)28-25(32)10-11-26(34)29(28)33)23-17-36-38(18-23)24-12-14-37(15-13-24)31(39)21-6-4-3-5-7-21/h8-11,16-18,20-22,24,35H,1,3-7,12-15H2,2H3. The largest absolute Gasteiger partial charge is 0.484 e. The van der Waals surface area contributed by atoms with Crippen LogP contribution in [0, 0.1) is 17.1 Å². The molecule has 1 aliphatic heterocycles. The highest BCUT2D eigenvalue weighted by Gasteiger charge is 2.30. The maximum Gasteiger partial charge on any atom is 0.225 e. The summed E-state index contributed by atoms with van der Waals surface area (Å²) in [6, 6.07) is 2.88. The molecular weight excluding hydrogens is 550 g/mol. The molecule has 1 saturated carbocycles. The summed E-state index contributed by atoms with van der Waals surface area (Å²) in [7, 11) is 0. The van der Waals surface area contributed by atoms with Crippen LogP contribution in [0.15, 0.2) is 60.7 Å². The molecule has 1 N–H and O–H groups in total. The van der Waals surface area contributed by atoms with Crippen molar-refractivity contribution in [2.75, 3.05) is 13.1 Å². The van der Waals surface area contributed by atoms with Gasteiger partial charge in [0.15, 0.2) is 0 Å². The highest BCUT2D eigenvalue weighted by atomic mass is 35.5. The van der Waals surface area contributed by atoms with Gasteiger partial charge in [-0.2, -0.15) is 5.10 Å². The van der Waals surface area contributed by atoms with Gasteiger partial charge in [0.05, 0.1) is 17.3 Å². The van der Waals surface area contributed by atoms with E-state index in [2.05, 4.69) is 11.7 Å². The van der Waals surface area contributed by atoms with E-state index in [4.69, 9.17) is 33.3 Å². The summed E-state index contributed by atoms with van der Waals surface area (Å²) in [5, 5.41) is 13.5. The number of amides is 1. The van der Waals surface area contributed by atoms with Gasteiger partial charge in [0, 0.05) is 47.3 Å². The smallest absolute Gasteiger partial charge is 0.225 e. The average molecular weight is 586 g/mol. The van der Waals surface area contributed by atoms with Gasteiger partial charge in [0.2, 0.25) is 5.91 Å². The maximum absolute atomic E-state index is 14.1. The number of nitrogens with zero attached hydrogens (tertiary/aromatic N) is 3. The average Bonchev–Trinajstić information content (AvgIpc) is 3.42. The number of piperidine rings is 1. The Morgan fingerprint density at radius 3 is 2.62 bits per heavy atom. The van der Waals surface area contributed by atoms with Crippen LogP contribution in [0.1, 0.15) is 81.1 Å². The SMILES string of the molecule is C=C1C=CC(c2cnn(C3CCN(C(=O)C4CCCCC4)CC3)c2)C=C(OC(C)c2c(Cl)ccc(F)c2Cl)C1=N. The van der Waals surface area contributed by atoms with Crippen LogP contribution in [0.4, 0.5) is 4.39 Å². The van der Waals surface area contributed by atoms with Gasteiger partial charge in [0.1, 0.15) is 23.4 Å². The van der Waals surface area contributed by atoms with E-state index in [9.17, 15) is 9.18 Å². The minimum absolute atomic E-state index is 0.0954. The van der Waals surface area contributed by atoms with Crippen LogP contribution in [0.5, 0.6) is 0 Å². The predicted octanol–water partition coefficient (Wildman–Crippen LogP) is 7.96. The maximum atomic E-state index is 14.1. The number of halogens is 3. The molecular formula is C31H35Cl2FN4O2. The highest BCUT2D eigenvalue weighted by Crippen LogP contribution is 2.37. The topological polar surface area (TPSA) is 71.2 Å². The van der Waals surface area contributed by atoms with E-state index in [1.807, 2.05) is 34.1 Å². The van der Waals surface area contributed by atoms with E-state index >= 15 is 0 Å². The number of hydrogen-bond acceptors (Lipinski definition) is 4. The number of likely N-dealkylation sites (tertiary alicyclic amines) is 1. The molecule has 3 aliphatic rings. The summed E-state index contributed by atoms with van der Waals surface area (Å²) < 4.78 is 22.3. The molecule has 9 heteroatoms. The molecule has 1 amide bonds. The molecule has 2 aliphatic carbocycles. The normalized spacial score (nSPS) is 21.8. The first kappa shape index (κ1) is 28.6. The van der Waals surface area contributed by atoms with Crippen LogP contribution < -0.4 is 0 Å². The molecule has 2 aromatic rings. The van der Waals surface area contributed by atoms with Gasteiger partial charge in [-0.1, -0.05) is 61.2 Å². The first-order valence-electron chi connectivity index (χ1n) is 14.0. The Kier molecular flexibility index (Phi) is 8.81. The van der Waals surface area contributed by atoms with Gasteiger partial charge in [-0.3, -0.25) is 14.9 Å². The number of rotatable bonds is 6.